The highest BCUT2D eigenvalue weighted by Gasteiger charge is 2.11. The van der Waals surface area contributed by atoms with Crippen molar-refractivity contribution in [3.63, 3.8) is 0 Å². The third-order valence-corrected chi connectivity index (χ3v) is 2.93. The monoisotopic (exact) mass is 316 g/mol. The van der Waals surface area contributed by atoms with E-state index in [0.717, 1.165) is 5.56 Å². The van der Waals surface area contributed by atoms with Crippen LogP contribution < -0.4 is 4.74 Å². The summed E-state index contributed by atoms with van der Waals surface area (Å²) < 4.78 is 18.3. The van der Waals surface area contributed by atoms with Gasteiger partial charge in [-0.3, -0.25) is 4.79 Å². The van der Waals surface area contributed by atoms with Gasteiger partial charge in [-0.25, -0.2) is 9.18 Å². The van der Waals surface area contributed by atoms with Crippen LogP contribution in [0.4, 0.5) is 4.39 Å². The van der Waals surface area contributed by atoms with E-state index in [1.807, 2.05) is 0 Å². The maximum atomic E-state index is 12.8. The smallest absolute Gasteiger partial charge is 0.376 e. The van der Waals surface area contributed by atoms with E-state index in [1.165, 1.54) is 24.3 Å². The summed E-state index contributed by atoms with van der Waals surface area (Å²) in [5, 5.41) is 18.3. The maximum absolute atomic E-state index is 12.8. The molecule has 0 spiro atoms. The van der Waals surface area contributed by atoms with Crippen LogP contribution in [0.1, 0.15) is 11.1 Å². The van der Waals surface area contributed by atoms with Gasteiger partial charge in [0.2, 0.25) is 0 Å². The quantitative estimate of drug-likeness (QED) is 0.486. The molecule has 6 heteroatoms. The molecule has 2 rings (SSSR count). The lowest BCUT2D eigenvalue weighted by atomic mass is 10.1. The van der Waals surface area contributed by atoms with Crippen molar-refractivity contribution in [3.8, 4) is 5.75 Å². The summed E-state index contributed by atoms with van der Waals surface area (Å²) in [7, 11) is 0. The molecule has 2 N–H and O–H groups in total. The Morgan fingerprint density at radius 1 is 1.09 bits per heavy atom. The summed E-state index contributed by atoms with van der Waals surface area (Å²) in [6.07, 6.45) is 0.626. The van der Waals surface area contributed by atoms with Crippen LogP contribution in [0.25, 0.3) is 5.76 Å². The topological polar surface area (TPSA) is 83.8 Å². The van der Waals surface area contributed by atoms with E-state index in [1.54, 1.807) is 24.3 Å². The summed E-state index contributed by atoms with van der Waals surface area (Å²) >= 11 is 0. The van der Waals surface area contributed by atoms with E-state index in [0.29, 0.717) is 11.8 Å². The van der Waals surface area contributed by atoms with Crippen LogP contribution >= 0.6 is 0 Å². The third kappa shape index (κ3) is 4.67. The van der Waals surface area contributed by atoms with Crippen molar-refractivity contribution in [2.45, 2.75) is 6.61 Å². The van der Waals surface area contributed by atoms with E-state index in [2.05, 4.69) is 0 Å². The number of ketones is 1. The number of halogens is 1. The Hall–Kier alpha value is -3.15. The molecule has 0 bridgehead atoms. The summed E-state index contributed by atoms with van der Waals surface area (Å²) in [6, 6.07) is 12.0. The van der Waals surface area contributed by atoms with E-state index >= 15 is 0 Å². The lowest BCUT2D eigenvalue weighted by molar-refractivity contribution is -0.146. The number of rotatable bonds is 6. The summed E-state index contributed by atoms with van der Waals surface area (Å²) in [6.45, 7) is 0.197. The number of ether oxygens (including phenoxy) is 1. The molecule has 0 aliphatic rings. The fraction of sp³-hybridized carbons (Fsp3) is 0.0588. The zero-order valence-electron chi connectivity index (χ0n) is 11.9. The molecule has 0 fully saturated rings. The summed E-state index contributed by atoms with van der Waals surface area (Å²) in [4.78, 5) is 21.5. The molecule has 23 heavy (non-hydrogen) atoms. The van der Waals surface area contributed by atoms with Crippen molar-refractivity contribution in [3.05, 3.63) is 71.6 Å². The molecule has 0 radical (unpaired) electrons. The second-order valence-corrected chi connectivity index (χ2v) is 4.64. The lowest BCUT2D eigenvalue weighted by Gasteiger charge is -2.08. The van der Waals surface area contributed by atoms with Gasteiger partial charge in [0, 0.05) is 11.6 Å². The second kappa shape index (κ2) is 7.22. The number of aliphatic hydroxyl groups excluding tert-OH is 1. The zero-order valence-corrected chi connectivity index (χ0v) is 11.9. The Labute approximate surface area is 131 Å². The number of aliphatic carboxylic acids is 1. The molecule has 0 aromatic heterocycles. The minimum absolute atomic E-state index is 0.197. The van der Waals surface area contributed by atoms with Crippen molar-refractivity contribution in [1.82, 2.24) is 0 Å². The first-order chi connectivity index (χ1) is 11.0. The average molecular weight is 316 g/mol. The van der Waals surface area contributed by atoms with Gasteiger partial charge < -0.3 is 14.9 Å². The number of benzene rings is 2. The van der Waals surface area contributed by atoms with Crippen LogP contribution in [0, 0.1) is 5.82 Å². The van der Waals surface area contributed by atoms with Gasteiger partial charge in [0.15, 0.2) is 0 Å². The predicted molar refractivity (Wildman–Crippen MR) is 80.4 cm³/mol. The van der Waals surface area contributed by atoms with Crippen LogP contribution in [0.3, 0.4) is 0 Å². The molecule has 0 saturated heterocycles. The molecule has 0 atom stereocenters. The predicted octanol–water partition coefficient (Wildman–Crippen LogP) is 2.96. The molecule has 0 unspecified atom stereocenters. The van der Waals surface area contributed by atoms with E-state index in [4.69, 9.17) is 9.84 Å². The van der Waals surface area contributed by atoms with Gasteiger partial charge in [-0.15, -0.1) is 0 Å². The van der Waals surface area contributed by atoms with Crippen molar-refractivity contribution in [1.29, 1.82) is 0 Å². The van der Waals surface area contributed by atoms with Crippen molar-refractivity contribution < 1.29 is 28.9 Å². The number of carboxylic acids is 1. The lowest BCUT2D eigenvalue weighted by Crippen LogP contribution is -2.09. The SMILES string of the molecule is O=C(O)C(=O)C=C(O)c1cccc(OCc2ccc(F)cc2)c1. The molecular formula is C17H13FO5. The zero-order chi connectivity index (χ0) is 16.8. The van der Waals surface area contributed by atoms with Gasteiger partial charge >= 0.3 is 5.97 Å². The molecule has 0 aliphatic heterocycles. The van der Waals surface area contributed by atoms with Crippen LogP contribution in [0.15, 0.2) is 54.6 Å². The molecule has 5 nitrogen and oxygen atoms in total. The fourth-order valence-electron chi connectivity index (χ4n) is 1.76. The van der Waals surface area contributed by atoms with Crippen molar-refractivity contribution in [2.75, 3.05) is 0 Å². The fourth-order valence-corrected chi connectivity index (χ4v) is 1.76. The molecule has 0 saturated carbocycles. The maximum Gasteiger partial charge on any atom is 0.376 e. The van der Waals surface area contributed by atoms with E-state index in [-0.39, 0.29) is 18.0 Å². The molecule has 118 valence electrons. The van der Waals surface area contributed by atoms with E-state index < -0.39 is 17.5 Å². The normalized spacial score (nSPS) is 11.1. The van der Waals surface area contributed by atoms with Crippen LogP contribution in [-0.2, 0) is 16.2 Å². The molecule has 0 aliphatic carbocycles. The third-order valence-electron chi connectivity index (χ3n) is 2.93. The standard InChI is InChI=1S/C17H13FO5/c18-13-6-4-11(5-7-13)10-23-14-3-1-2-12(8-14)15(19)9-16(20)17(21)22/h1-9,19H,10H2,(H,21,22). The van der Waals surface area contributed by atoms with Crippen LogP contribution in [0.5, 0.6) is 5.75 Å². The molecular weight excluding hydrogens is 303 g/mol. The minimum atomic E-state index is -1.65. The average Bonchev–Trinajstić information content (AvgIpc) is 2.54. The Bertz CT molecular complexity index is 750. The van der Waals surface area contributed by atoms with Gasteiger partial charge in [-0.05, 0) is 29.8 Å². The Kier molecular flexibility index (Phi) is 5.09. The molecule has 0 heterocycles. The number of carbonyl (C=O) groups is 2. The van der Waals surface area contributed by atoms with Crippen LogP contribution in [-0.4, -0.2) is 22.0 Å². The largest absolute Gasteiger partial charge is 0.507 e. The number of carboxylic acid groups (broad SMARTS) is 1. The van der Waals surface area contributed by atoms with Gasteiger partial charge in [0.1, 0.15) is 23.9 Å². The first-order valence-corrected chi connectivity index (χ1v) is 6.61. The summed E-state index contributed by atoms with van der Waals surface area (Å²) in [5.41, 5.74) is 1.01. The van der Waals surface area contributed by atoms with Gasteiger partial charge in [0.25, 0.3) is 5.78 Å². The number of aliphatic hydroxyl groups is 1. The Balaban J connectivity index is 2.09. The number of hydrogen-bond donors (Lipinski definition) is 2. The van der Waals surface area contributed by atoms with E-state index in [9.17, 15) is 19.1 Å². The first kappa shape index (κ1) is 16.2. The van der Waals surface area contributed by atoms with Gasteiger partial charge in [0.05, 0.1) is 0 Å². The summed E-state index contributed by atoms with van der Waals surface area (Å²) in [5.74, 6) is -3.27. The number of carbonyl (C=O) groups excluding carboxylic acids is 1. The molecule has 0 amide bonds. The second-order valence-electron chi connectivity index (χ2n) is 4.64. The number of hydrogen-bond acceptors (Lipinski definition) is 4. The minimum Gasteiger partial charge on any atom is -0.507 e. The van der Waals surface area contributed by atoms with Gasteiger partial charge in [-0.2, -0.15) is 0 Å². The Morgan fingerprint density at radius 2 is 1.78 bits per heavy atom. The van der Waals surface area contributed by atoms with Crippen molar-refractivity contribution in [2.24, 2.45) is 0 Å². The highest BCUT2D eigenvalue weighted by atomic mass is 19.1. The first-order valence-electron chi connectivity index (χ1n) is 6.61. The molecule has 2 aromatic carbocycles. The van der Waals surface area contributed by atoms with Gasteiger partial charge in [-0.1, -0.05) is 24.3 Å². The van der Waals surface area contributed by atoms with Crippen LogP contribution in [0.2, 0.25) is 0 Å². The molecule has 2 aromatic rings. The van der Waals surface area contributed by atoms with Crippen molar-refractivity contribution >= 4 is 17.5 Å². The Morgan fingerprint density at radius 3 is 2.43 bits per heavy atom. The highest BCUT2D eigenvalue weighted by molar-refractivity contribution is 6.38. The highest BCUT2D eigenvalue weighted by Crippen LogP contribution is 2.20.